The predicted molar refractivity (Wildman–Crippen MR) is 103 cm³/mol. The number of hydrogen-bond donors (Lipinski definition) is 4. The van der Waals surface area contributed by atoms with E-state index in [9.17, 15) is 9.59 Å². The number of benzene rings is 1. The van der Waals surface area contributed by atoms with E-state index in [-0.39, 0.29) is 12.6 Å². The Kier molecular flexibility index (Phi) is 8.01. The Morgan fingerprint density at radius 1 is 1.26 bits per heavy atom. The van der Waals surface area contributed by atoms with Gasteiger partial charge in [-0.3, -0.25) is 14.9 Å². The van der Waals surface area contributed by atoms with Gasteiger partial charge in [-0.25, -0.2) is 0 Å². The minimum absolute atomic E-state index is 0.0245. The molecule has 6 heteroatoms. The smallest absolute Gasteiger partial charge is 0.309 e. The molecule has 6 nitrogen and oxygen atoms in total. The maximum atomic E-state index is 11.1. The Morgan fingerprint density at radius 3 is 2.22 bits per heavy atom. The van der Waals surface area contributed by atoms with Crippen LogP contribution in [0.2, 0.25) is 0 Å². The van der Waals surface area contributed by atoms with Gasteiger partial charge < -0.3 is 15.3 Å². The Morgan fingerprint density at radius 2 is 1.85 bits per heavy atom. The lowest BCUT2D eigenvalue weighted by Gasteiger charge is -2.36. The maximum Gasteiger partial charge on any atom is 0.309 e. The standard InChI is InChI=1S/C11H13NO.C10H16O4/c1-2-11(9-13)12-8-10-6-4-3-5-7-10;1-9(2)6(7(11)12)4-5-10(9,3)8(13)14/h1,3-7,11-13H,8-9H2;6H,4-5H2,1-3H3,(H,11,12)(H,13,14). The van der Waals surface area contributed by atoms with Crippen molar-refractivity contribution in [3.63, 3.8) is 0 Å². The third kappa shape index (κ3) is 5.31. The Hall–Kier alpha value is -2.36. The number of carboxylic acids is 2. The van der Waals surface area contributed by atoms with E-state index < -0.39 is 28.7 Å². The summed E-state index contributed by atoms with van der Waals surface area (Å²) >= 11 is 0. The number of nitrogens with one attached hydrogen (secondary N) is 1. The molecular formula is C21H29NO5. The van der Waals surface area contributed by atoms with E-state index in [0.717, 1.165) is 5.56 Å². The molecule has 0 aromatic heterocycles. The summed E-state index contributed by atoms with van der Waals surface area (Å²) in [7, 11) is 0. The highest BCUT2D eigenvalue weighted by Gasteiger charge is 2.58. The third-order valence-corrected chi connectivity index (χ3v) is 5.78. The SMILES string of the molecule is C#CC(CO)NCc1ccccc1.CC1(C(=O)O)CCC(C(=O)O)C1(C)C. The van der Waals surface area contributed by atoms with Crippen molar-refractivity contribution in [3.05, 3.63) is 35.9 Å². The minimum atomic E-state index is -0.921. The summed E-state index contributed by atoms with van der Waals surface area (Å²) in [6, 6.07) is 9.69. The van der Waals surface area contributed by atoms with Crippen LogP contribution in [0.25, 0.3) is 0 Å². The van der Waals surface area contributed by atoms with E-state index >= 15 is 0 Å². The van der Waals surface area contributed by atoms with E-state index in [1.807, 2.05) is 30.3 Å². The van der Waals surface area contributed by atoms with Crippen LogP contribution in [0.5, 0.6) is 0 Å². The molecule has 1 aromatic rings. The largest absolute Gasteiger partial charge is 0.481 e. The normalized spacial score (nSPS) is 24.2. The van der Waals surface area contributed by atoms with Crippen molar-refractivity contribution in [2.45, 2.75) is 46.2 Å². The van der Waals surface area contributed by atoms with Gasteiger partial charge in [0.15, 0.2) is 0 Å². The molecule has 1 saturated carbocycles. The first-order valence-corrected chi connectivity index (χ1v) is 8.90. The average molecular weight is 375 g/mol. The second-order valence-electron chi connectivity index (χ2n) is 7.56. The van der Waals surface area contributed by atoms with Crippen molar-refractivity contribution >= 4 is 11.9 Å². The first kappa shape index (κ1) is 22.7. The summed E-state index contributed by atoms with van der Waals surface area (Å²) in [6.45, 7) is 5.76. The number of terminal acetylenes is 1. The first-order chi connectivity index (χ1) is 12.6. The number of aliphatic hydroxyl groups is 1. The van der Waals surface area contributed by atoms with Crippen LogP contribution in [0.15, 0.2) is 30.3 Å². The van der Waals surface area contributed by atoms with Crippen LogP contribution in [-0.2, 0) is 16.1 Å². The Bertz CT molecular complexity index is 680. The molecular weight excluding hydrogens is 346 g/mol. The molecule has 1 aromatic carbocycles. The number of carbonyl (C=O) groups is 2. The molecule has 27 heavy (non-hydrogen) atoms. The zero-order chi connectivity index (χ0) is 20.7. The van der Waals surface area contributed by atoms with Gasteiger partial charge in [0.2, 0.25) is 0 Å². The van der Waals surface area contributed by atoms with E-state index in [0.29, 0.717) is 19.4 Å². The minimum Gasteiger partial charge on any atom is -0.481 e. The molecule has 148 valence electrons. The molecule has 1 aliphatic rings. The molecule has 0 heterocycles. The van der Waals surface area contributed by atoms with Crippen molar-refractivity contribution in [1.82, 2.24) is 5.32 Å². The van der Waals surface area contributed by atoms with Crippen molar-refractivity contribution in [1.29, 1.82) is 0 Å². The van der Waals surface area contributed by atoms with Gasteiger partial charge in [0, 0.05) is 6.54 Å². The summed E-state index contributed by atoms with van der Waals surface area (Å²) in [6.07, 6.45) is 6.06. The quantitative estimate of drug-likeness (QED) is 0.569. The molecule has 0 spiro atoms. The van der Waals surface area contributed by atoms with Gasteiger partial charge in [0.1, 0.15) is 0 Å². The molecule has 0 amide bonds. The second kappa shape index (κ2) is 9.54. The van der Waals surface area contributed by atoms with Crippen LogP contribution in [0, 0.1) is 29.1 Å². The number of aliphatic hydroxyl groups excluding tert-OH is 1. The first-order valence-electron chi connectivity index (χ1n) is 8.90. The number of carboxylic acid groups (broad SMARTS) is 2. The van der Waals surface area contributed by atoms with Crippen LogP contribution in [0.4, 0.5) is 0 Å². The Balaban J connectivity index is 0.000000271. The van der Waals surface area contributed by atoms with E-state index in [1.54, 1.807) is 20.8 Å². The summed E-state index contributed by atoms with van der Waals surface area (Å²) in [4.78, 5) is 22.0. The van der Waals surface area contributed by atoms with Gasteiger partial charge in [-0.15, -0.1) is 6.42 Å². The van der Waals surface area contributed by atoms with Crippen LogP contribution < -0.4 is 5.32 Å². The van der Waals surface area contributed by atoms with Crippen molar-refractivity contribution in [3.8, 4) is 12.3 Å². The lowest BCUT2D eigenvalue weighted by molar-refractivity contribution is -0.157. The highest BCUT2D eigenvalue weighted by molar-refractivity contribution is 5.80. The number of aliphatic carboxylic acids is 2. The fourth-order valence-electron chi connectivity index (χ4n) is 3.33. The lowest BCUT2D eigenvalue weighted by atomic mass is 9.66. The predicted octanol–water partition coefficient (Wildman–Crippen LogP) is 2.37. The third-order valence-electron chi connectivity index (χ3n) is 5.78. The zero-order valence-electron chi connectivity index (χ0n) is 16.1. The summed E-state index contributed by atoms with van der Waals surface area (Å²) in [5, 5.41) is 29.9. The van der Waals surface area contributed by atoms with Gasteiger partial charge in [-0.1, -0.05) is 50.1 Å². The van der Waals surface area contributed by atoms with Gasteiger partial charge >= 0.3 is 11.9 Å². The van der Waals surface area contributed by atoms with Crippen LogP contribution in [0.1, 0.15) is 39.2 Å². The molecule has 0 saturated heterocycles. The number of rotatable bonds is 6. The van der Waals surface area contributed by atoms with E-state index in [4.69, 9.17) is 21.7 Å². The monoisotopic (exact) mass is 375 g/mol. The van der Waals surface area contributed by atoms with Crippen LogP contribution in [0.3, 0.4) is 0 Å². The summed E-state index contributed by atoms with van der Waals surface area (Å²) in [5.74, 6) is 0.123. The molecule has 4 N–H and O–H groups in total. The highest BCUT2D eigenvalue weighted by Crippen LogP contribution is 2.56. The summed E-state index contributed by atoms with van der Waals surface area (Å²) < 4.78 is 0. The van der Waals surface area contributed by atoms with Gasteiger partial charge in [-0.05, 0) is 30.7 Å². The molecule has 0 radical (unpaired) electrons. The molecule has 2 rings (SSSR count). The number of hydrogen-bond acceptors (Lipinski definition) is 4. The molecule has 1 aliphatic carbocycles. The molecule has 1 fully saturated rings. The van der Waals surface area contributed by atoms with Crippen LogP contribution in [-0.4, -0.2) is 39.9 Å². The molecule has 0 bridgehead atoms. The topological polar surface area (TPSA) is 107 Å². The molecule has 0 aliphatic heterocycles. The maximum absolute atomic E-state index is 11.1. The van der Waals surface area contributed by atoms with Gasteiger partial charge in [0.05, 0.1) is 24.0 Å². The Labute approximate surface area is 160 Å². The van der Waals surface area contributed by atoms with E-state index in [1.165, 1.54) is 0 Å². The zero-order valence-corrected chi connectivity index (χ0v) is 16.1. The average Bonchev–Trinajstić information content (AvgIpc) is 2.88. The van der Waals surface area contributed by atoms with Crippen LogP contribution >= 0.6 is 0 Å². The fraction of sp³-hybridized carbons (Fsp3) is 0.524. The molecule has 3 unspecified atom stereocenters. The van der Waals surface area contributed by atoms with Gasteiger partial charge in [0.25, 0.3) is 0 Å². The lowest BCUT2D eigenvalue weighted by Crippen LogP contribution is -2.42. The molecule has 3 atom stereocenters. The van der Waals surface area contributed by atoms with Crippen molar-refractivity contribution < 1.29 is 24.9 Å². The van der Waals surface area contributed by atoms with E-state index in [2.05, 4.69) is 11.2 Å². The second-order valence-corrected chi connectivity index (χ2v) is 7.56. The highest BCUT2D eigenvalue weighted by atomic mass is 16.4. The van der Waals surface area contributed by atoms with Gasteiger partial charge in [-0.2, -0.15) is 0 Å². The summed E-state index contributed by atoms with van der Waals surface area (Å²) in [5.41, 5.74) is -0.447. The fourth-order valence-corrected chi connectivity index (χ4v) is 3.33. The van der Waals surface area contributed by atoms with Crippen molar-refractivity contribution in [2.75, 3.05) is 6.61 Å². The van der Waals surface area contributed by atoms with Crippen molar-refractivity contribution in [2.24, 2.45) is 16.7 Å².